The third-order valence-electron chi connectivity index (χ3n) is 5.45. The molecule has 1 aliphatic carbocycles. The van der Waals surface area contributed by atoms with Crippen LogP contribution in [0.4, 0.5) is 24.8 Å². The van der Waals surface area contributed by atoms with Gasteiger partial charge < -0.3 is 10.1 Å². The van der Waals surface area contributed by atoms with Gasteiger partial charge in [-0.05, 0) is 42.5 Å². The molecule has 9 heteroatoms. The maximum atomic E-state index is 12.4. The summed E-state index contributed by atoms with van der Waals surface area (Å²) in [6, 6.07) is 5.92. The number of anilines is 2. The van der Waals surface area contributed by atoms with Crippen LogP contribution in [0.2, 0.25) is 0 Å². The average Bonchev–Trinajstić information content (AvgIpc) is 3.05. The molecule has 0 unspecified atom stereocenters. The van der Waals surface area contributed by atoms with E-state index in [1.165, 1.54) is 18.6 Å². The Morgan fingerprint density at radius 3 is 2.34 bits per heavy atom. The number of halogens is 3. The molecule has 2 aromatic heterocycles. The Hall–Kier alpha value is -2.84. The standard InChI is InChI=1S/C23H28F3N5O/c1-22(2,3)13-19-27-14-18-20(30-19)31(16-7-5-4-6-8-16)21(29-18)28-15-9-11-17(12-10-15)32-23(24,25)26/h9-12,14,16H,4-8,13H2,1-3H3,(H,28,29). The summed E-state index contributed by atoms with van der Waals surface area (Å²) in [6.45, 7) is 6.45. The van der Waals surface area contributed by atoms with E-state index in [2.05, 4.69) is 40.4 Å². The Balaban J connectivity index is 1.68. The molecule has 6 nitrogen and oxygen atoms in total. The summed E-state index contributed by atoms with van der Waals surface area (Å²) in [5, 5.41) is 3.26. The van der Waals surface area contributed by atoms with Gasteiger partial charge >= 0.3 is 6.36 Å². The lowest BCUT2D eigenvalue weighted by atomic mass is 9.92. The summed E-state index contributed by atoms with van der Waals surface area (Å²) in [4.78, 5) is 14.1. The van der Waals surface area contributed by atoms with E-state index >= 15 is 0 Å². The van der Waals surface area contributed by atoms with Gasteiger partial charge in [0.05, 0.1) is 6.20 Å². The molecule has 0 spiro atoms. The SMILES string of the molecule is CC(C)(C)Cc1ncc2nc(Nc3ccc(OC(F)(F)F)cc3)n(C3CCCCC3)c2n1. The first-order chi connectivity index (χ1) is 15.1. The molecule has 32 heavy (non-hydrogen) atoms. The number of ether oxygens (including phenoxy) is 1. The maximum absolute atomic E-state index is 12.4. The quantitative estimate of drug-likeness (QED) is 0.480. The first-order valence-electron chi connectivity index (χ1n) is 10.9. The molecule has 1 saturated carbocycles. The molecule has 3 aromatic rings. The van der Waals surface area contributed by atoms with Crippen molar-refractivity contribution in [1.29, 1.82) is 0 Å². The van der Waals surface area contributed by atoms with Crippen LogP contribution in [0.25, 0.3) is 11.2 Å². The Morgan fingerprint density at radius 1 is 1.03 bits per heavy atom. The van der Waals surface area contributed by atoms with Gasteiger partial charge in [-0.15, -0.1) is 13.2 Å². The third-order valence-corrected chi connectivity index (χ3v) is 5.45. The number of nitrogens with zero attached hydrogens (tertiary/aromatic N) is 4. The highest BCUT2D eigenvalue weighted by atomic mass is 19.4. The van der Waals surface area contributed by atoms with Gasteiger partial charge in [0.25, 0.3) is 0 Å². The number of fused-ring (bicyclic) bond motifs is 1. The zero-order valence-corrected chi connectivity index (χ0v) is 18.5. The van der Waals surface area contributed by atoms with Crippen molar-refractivity contribution in [1.82, 2.24) is 19.5 Å². The fourth-order valence-corrected chi connectivity index (χ4v) is 4.13. The molecule has 1 fully saturated rings. The molecule has 172 valence electrons. The minimum absolute atomic E-state index is 0.0602. The summed E-state index contributed by atoms with van der Waals surface area (Å²) >= 11 is 0. The lowest BCUT2D eigenvalue weighted by Gasteiger charge is -2.25. The van der Waals surface area contributed by atoms with E-state index in [9.17, 15) is 13.2 Å². The molecule has 2 heterocycles. The van der Waals surface area contributed by atoms with Crippen molar-refractivity contribution in [3.05, 3.63) is 36.3 Å². The van der Waals surface area contributed by atoms with E-state index < -0.39 is 6.36 Å². The van der Waals surface area contributed by atoms with Crippen molar-refractivity contribution in [3.63, 3.8) is 0 Å². The molecule has 0 atom stereocenters. The molecule has 1 aliphatic rings. The molecule has 0 amide bonds. The van der Waals surface area contributed by atoms with Crippen molar-refractivity contribution >= 4 is 22.8 Å². The van der Waals surface area contributed by atoms with Gasteiger partial charge in [-0.25, -0.2) is 15.0 Å². The highest BCUT2D eigenvalue weighted by molar-refractivity contribution is 5.75. The second-order valence-electron chi connectivity index (χ2n) is 9.53. The molecule has 1 aromatic carbocycles. The predicted molar refractivity (Wildman–Crippen MR) is 117 cm³/mol. The highest BCUT2D eigenvalue weighted by Gasteiger charge is 2.31. The monoisotopic (exact) mass is 447 g/mol. The molecule has 0 saturated heterocycles. The third kappa shape index (κ3) is 5.49. The van der Waals surface area contributed by atoms with Gasteiger partial charge in [-0.2, -0.15) is 0 Å². The van der Waals surface area contributed by atoms with Crippen LogP contribution in [0.5, 0.6) is 5.75 Å². The number of imidazole rings is 1. The minimum atomic E-state index is -4.71. The van der Waals surface area contributed by atoms with Crippen LogP contribution >= 0.6 is 0 Å². The van der Waals surface area contributed by atoms with Crippen LogP contribution in [-0.4, -0.2) is 25.9 Å². The van der Waals surface area contributed by atoms with Crippen LogP contribution in [0.15, 0.2) is 30.5 Å². The normalized spacial score (nSPS) is 15.8. The Morgan fingerprint density at radius 2 is 1.72 bits per heavy atom. The lowest BCUT2D eigenvalue weighted by molar-refractivity contribution is -0.274. The maximum Gasteiger partial charge on any atom is 0.573 e. The predicted octanol–water partition coefficient (Wildman–Crippen LogP) is 6.56. The Labute approximate surface area is 185 Å². The van der Waals surface area contributed by atoms with E-state index in [0.717, 1.165) is 43.6 Å². The second-order valence-corrected chi connectivity index (χ2v) is 9.53. The van der Waals surface area contributed by atoms with Gasteiger partial charge in [0.1, 0.15) is 17.1 Å². The van der Waals surface area contributed by atoms with E-state index in [1.54, 1.807) is 18.3 Å². The Kier molecular flexibility index (Phi) is 6.01. The van der Waals surface area contributed by atoms with Gasteiger partial charge in [0.15, 0.2) is 5.65 Å². The molecular weight excluding hydrogens is 419 g/mol. The zero-order valence-electron chi connectivity index (χ0n) is 18.5. The molecule has 0 aliphatic heterocycles. The topological polar surface area (TPSA) is 64.9 Å². The van der Waals surface area contributed by atoms with Gasteiger partial charge in [0, 0.05) is 18.2 Å². The summed E-state index contributed by atoms with van der Waals surface area (Å²) < 4.78 is 43.4. The van der Waals surface area contributed by atoms with E-state index in [-0.39, 0.29) is 17.2 Å². The Bertz CT molecular complexity index is 1060. The van der Waals surface area contributed by atoms with Crippen LogP contribution in [0.1, 0.15) is 64.7 Å². The molecule has 1 N–H and O–H groups in total. The first-order valence-corrected chi connectivity index (χ1v) is 10.9. The van der Waals surface area contributed by atoms with Crippen LogP contribution in [-0.2, 0) is 6.42 Å². The number of aromatic nitrogens is 4. The zero-order chi connectivity index (χ0) is 22.9. The number of rotatable bonds is 5. The number of hydrogen-bond acceptors (Lipinski definition) is 5. The first kappa shape index (κ1) is 22.4. The van der Waals surface area contributed by atoms with E-state index in [4.69, 9.17) is 9.97 Å². The number of benzene rings is 1. The molecule has 0 radical (unpaired) electrons. The summed E-state index contributed by atoms with van der Waals surface area (Å²) in [5.41, 5.74) is 2.18. The van der Waals surface area contributed by atoms with Gasteiger partial charge in [0.2, 0.25) is 5.95 Å². The molecular formula is C23H28F3N5O. The number of hydrogen-bond donors (Lipinski definition) is 1. The molecule has 0 bridgehead atoms. The van der Waals surface area contributed by atoms with Crippen molar-refractivity contribution in [3.8, 4) is 5.75 Å². The fraction of sp³-hybridized carbons (Fsp3) is 0.522. The average molecular weight is 448 g/mol. The second kappa shape index (κ2) is 8.60. The fourth-order valence-electron chi connectivity index (χ4n) is 4.13. The number of nitrogens with one attached hydrogen (secondary N) is 1. The molecule has 4 rings (SSSR count). The van der Waals surface area contributed by atoms with Crippen LogP contribution in [0, 0.1) is 5.41 Å². The van der Waals surface area contributed by atoms with Crippen molar-refractivity contribution in [2.24, 2.45) is 5.41 Å². The van der Waals surface area contributed by atoms with E-state index in [0.29, 0.717) is 17.2 Å². The minimum Gasteiger partial charge on any atom is -0.406 e. The van der Waals surface area contributed by atoms with Crippen molar-refractivity contribution < 1.29 is 17.9 Å². The smallest absolute Gasteiger partial charge is 0.406 e. The van der Waals surface area contributed by atoms with Crippen molar-refractivity contribution in [2.75, 3.05) is 5.32 Å². The summed E-state index contributed by atoms with van der Waals surface area (Å²) in [6.07, 6.45) is 3.38. The van der Waals surface area contributed by atoms with Crippen molar-refractivity contribution in [2.45, 2.75) is 71.7 Å². The van der Waals surface area contributed by atoms with E-state index in [1.807, 2.05) is 0 Å². The summed E-state index contributed by atoms with van der Waals surface area (Å²) in [5.74, 6) is 1.14. The van der Waals surface area contributed by atoms with Gasteiger partial charge in [-0.1, -0.05) is 40.0 Å². The summed E-state index contributed by atoms with van der Waals surface area (Å²) in [7, 11) is 0. The van der Waals surface area contributed by atoms with Crippen LogP contribution < -0.4 is 10.1 Å². The van der Waals surface area contributed by atoms with Crippen LogP contribution in [0.3, 0.4) is 0 Å². The largest absolute Gasteiger partial charge is 0.573 e. The number of alkyl halides is 3. The highest BCUT2D eigenvalue weighted by Crippen LogP contribution is 2.35. The lowest BCUT2D eigenvalue weighted by Crippen LogP contribution is -2.17. The van der Waals surface area contributed by atoms with Gasteiger partial charge in [-0.3, -0.25) is 4.57 Å².